The maximum absolute atomic E-state index is 11.5. The van der Waals surface area contributed by atoms with Crippen LogP contribution >= 0.6 is 43.2 Å². The Hall–Kier alpha value is -0.940. The van der Waals surface area contributed by atoms with Gasteiger partial charge >= 0.3 is 5.97 Å². The first-order valence-corrected chi connectivity index (χ1v) is 8.65. The molecule has 0 aliphatic heterocycles. The molecular formula is C11H6Br2NO5S2-. The van der Waals surface area contributed by atoms with Crippen LogP contribution in [0.15, 0.2) is 32.5 Å². The molecule has 0 amide bonds. The number of hydrogen-bond donors (Lipinski definition) is 2. The van der Waals surface area contributed by atoms with Crippen molar-refractivity contribution in [3.05, 3.63) is 38.1 Å². The van der Waals surface area contributed by atoms with Crippen molar-refractivity contribution in [3.63, 3.8) is 0 Å². The number of carboxylic acids is 1. The number of benzene rings is 1. The quantitative estimate of drug-likeness (QED) is 0.685. The van der Waals surface area contributed by atoms with E-state index < -0.39 is 23.0 Å². The zero-order valence-corrected chi connectivity index (χ0v) is 14.8. The highest BCUT2D eigenvalue weighted by Gasteiger charge is 2.18. The first-order chi connectivity index (χ1) is 9.81. The molecule has 0 spiro atoms. The Morgan fingerprint density at radius 1 is 1.33 bits per heavy atom. The summed E-state index contributed by atoms with van der Waals surface area (Å²) in [5, 5.41) is 18.9. The highest BCUT2D eigenvalue weighted by molar-refractivity contribution is 9.13. The fourth-order valence-electron chi connectivity index (χ4n) is 1.55. The van der Waals surface area contributed by atoms with E-state index in [1.54, 1.807) is 6.07 Å². The Balaban J connectivity index is 2.51. The van der Waals surface area contributed by atoms with Crippen LogP contribution in [0.25, 0.3) is 0 Å². The molecule has 2 rings (SSSR count). The van der Waals surface area contributed by atoms with Crippen LogP contribution < -0.4 is 4.31 Å². The number of thiophene rings is 1. The normalized spacial score (nSPS) is 12.1. The Kier molecular flexibility index (Phi) is 5.04. The molecule has 1 heterocycles. The molecule has 1 aromatic heterocycles. The van der Waals surface area contributed by atoms with Gasteiger partial charge in [-0.2, -0.15) is 0 Å². The Morgan fingerprint density at radius 2 is 2.00 bits per heavy atom. The molecule has 21 heavy (non-hydrogen) atoms. The average molecular weight is 456 g/mol. The molecule has 1 unspecified atom stereocenters. The number of aromatic carboxylic acids is 1. The zero-order chi connectivity index (χ0) is 15.7. The topological polar surface area (TPSA) is 101 Å². The van der Waals surface area contributed by atoms with E-state index in [-0.39, 0.29) is 11.3 Å². The first kappa shape index (κ1) is 16.4. The summed E-state index contributed by atoms with van der Waals surface area (Å²) in [7, 11) is 0. The summed E-state index contributed by atoms with van der Waals surface area (Å²) in [6.07, 6.45) is 0. The van der Waals surface area contributed by atoms with E-state index in [9.17, 15) is 18.7 Å². The summed E-state index contributed by atoms with van der Waals surface area (Å²) in [6, 6.07) is 5.12. The van der Waals surface area contributed by atoms with Crippen molar-refractivity contribution in [1.82, 2.24) is 0 Å². The van der Waals surface area contributed by atoms with Gasteiger partial charge in [0.1, 0.15) is 16.3 Å². The van der Waals surface area contributed by atoms with Crippen LogP contribution in [-0.4, -0.2) is 24.9 Å². The minimum Gasteiger partial charge on any atom is -0.755 e. The molecule has 0 aliphatic rings. The van der Waals surface area contributed by atoms with Gasteiger partial charge in [0.05, 0.1) is 20.7 Å². The van der Waals surface area contributed by atoms with Crippen molar-refractivity contribution in [2.24, 2.45) is 0 Å². The summed E-state index contributed by atoms with van der Waals surface area (Å²) in [5.41, 5.74) is -0.170. The Labute approximate surface area is 142 Å². The SMILES string of the molecule is O=C(O)c1ccc(N(c2cc(Br)c(Br)s2)S(=O)[O-])cc1O. The second-order valence-electron chi connectivity index (χ2n) is 3.72. The molecule has 0 fully saturated rings. The molecule has 0 saturated heterocycles. The maximum atomic E-state index is 11.5. The van der Waals surface area contributed by atoms with Crippen molar-refractivity contribution in [1.29, 1.82) is 0 Å². The van der Waals surface area contributed by atoms with Crippen molar-refractivity contribution in [2.75, 3.05) is 4.31 Å². The molecule has 1 aromatic carbocycles. The number of carboxylic acid groups (broad SMARTS) is 1. The summed E-state index contributed by atoms with van der Waals surface area (Å²) >= 11 is 5.06. The third-order valence-corrected chi connectivity index (χ3v) is 6.49. The second-order valence-corrected chi connectivity index (χ2v) is 7.73. The van der Waals surface area contributed by atoms with Crippen LogP contribution in [0, 0.1) is 0 Å². The second kappa shape index (κ2) is 6.44. The van der Waals surface area contributed by atoms with E-state index in [0.29, 0.717) is 13.3 Å². The summed E-state index contributed by atoms with van der Waals surface area (Å²) < 4.78 is 25.3. The number of carbonyl (C=O) groups is 1. The van der Waals surface area contributed by atoms with Crippen molar-refractivity contribution in [2.45, 2.75) is 0 Å². The number of hydrogen-bond acceptors (Lipinski definition) is 5. The molecular weight excluding hydrogens is 450 g/mol. The van der Waals surface area contributed by atoms with Gasteiger partial charge in [0, 0.05) is 10.5 Å². The number of halogens is 2. The lowest BCUT2D eigenvalue weighted by atomic mass is 10.2. The van der Waals surface area contributed by atoms with Gasteiger partial charge in [-0.05, 0) is 50.1 Å². The summed E-state index contributed by atoms with van der Waals surface area (Å²) in [6.45, 7) is 0. The number of anilines is 2. The third-order valence-electron chi connectivity index (χ3n) is 2.43. The minimum absolute atomic E-state index is 0.132. The Bertz CT molecular complexity index is 714. The van der Waals surface area contributed by atoms with Crippen molar-refractivity contribution in [3.8, 4) is 5.75 Å². The van der Waals surface area contributed by atoms with Gasteiger partial charge in [-0.3, -0.25) is 8.51 Å². The van der Waals surface area contributed by atoms with Gasteiger partial charge in [0.2, 0.25) is 0 Å². The van der Waals surface area contributed by atoms with Crippen LogP contribution in [0.5, 0.6) is 5.75 Å². The van der Waals surface area contributed by atoms with Gasteiger partial charge in [-0.1, -0.05) is 0 Å². The monoisotopic (exact) mass is 454 g/mol. The lowest BCUT2D eigenvalue weighted by Gasteiger charge is -2.24. The van der Waals surface area contributed by atoms with E-state index >= 15 is 0 Å². The molecule has 1 atom stereocenters. The molecule has 6 nitrogen and oxygen atoms in total. The predicted molar refractivity (Wildman–Crippen MR) is 85.8 cm³/mol. The van der Waals surface area contributed by atoms with Crippen LogP contribution in [0.1, 0.15) is 10.4 Å². The van der Waals surface area contributed by atoms with E-state index in [2.05, 4.69) is 31.9 Å². The summed E-state index contributed by atoms with van der Waals surface area (Å²) in [4.78, 5) is 10.8. The van der Waals surface area contributed by atoms with E-state index in [0.717, 1.165) is 16.4 Å². The molecule has 0 radical (unpaired) electrons. The fraction of sp³-hybridized carbons (Fsp3) is 0. The van der Waals surface area contributed by atoms with Gasteiger partial charge in [0.25, 0.3) is 0 Å². The number of nitrogens with zero attached hydrogens (tertiary/aromatic N) is 1. The average Bonchev–Trinajstić information content (AvgIpc) is 2.68. The smallest absolute Gasteiger partial charge is 0.339 e. The highest BCUT2D eigenvalue weighted by Crippen LogP contribution is 2.41. The Morgan fingerprint density at radius 3 is 2.43 bits per heavy atom. The number of aromatic hydroxyl groups is 1. The van der Waals surface area contributed by atoms with Gasteiger partial charge in [-0.15, -0.1) is 11.3 Å². The molecule has 0 saturated carbocycles. The molecule has 0 bridgehead atoms. The maximum Gasteiger partial charge on any atom is 0.339 e. The fourth-order valence-corrected chi connectivity index (χ4v) is 4.26. The van der Waals surface area contributed by atoms with Crippen LogP contribution in [0.4, 0.5) is 10.7 Å². The van der Waals surface area contributed by atoms with E-state index in [1.807, 2.05) is 0 Å². The third kappa shape index (κ3) is 3.46. The van der Waals surface area contributed by atoms with Crippen LogP contribution in [0.3, 0.4) is 0 Å². The van der Waals surface area contributed by atoms with Crippen molar-refractivity contribution >= 4 is 71.1 Å². The largest absolute Gasteiger partial charge is 0.755 e. The molecule has 112 valence electrons. The standard InChI is InChI=1S/C11H7Br2NO5S2/c12-7-4-9(20-10(7)13)14(21(18)19)5-1-2-6(11(16)17)8(15)3-5/h1-4,15H,(H,16,17)(H,18,19)/p-1. The lowest BCUT2D eigenvalue weighted by Crippen LogP contribution is -2.18. The van der Waals surface area contributed by atoms with Crippen LogP contribution in [0.2, 0.25) is 0 Å². The molecule has 2 N–H and O–H groups in total. The summed E-state index contributed by atoms with van der Waals surface area (Å²) in [5.74, 6) is -1.81. The lowest BCUT2D eigenvalue weighted by molar-refractivity contribution is 0.0694. The van der Waals surface area contributed by atoms with Gasteiger partial charge in [-0.25, -0.2) is 4.79 Å². The zero-order valence-electron chi connectivity index (χ0n) is 9.95. The van der Waals surface area contributed by atoms with E-state index in [4.69, 9.17) is 5.11 Å². The highest BCUT2D eigenvalue weighted by atomic mass is 79.9. The van der Waals surface area contributed by atoms with E-state index in [1.165, 1.54) is 17.4 Å². The predicted octanol–water partition coefficient (Wildman–Crippen LogP) is 3.61. The van der Waals surface area contributed by atoms with Crippen molar-refractivity contribution < 1.29 is 23.8 Å². The molecule has 10 heteroatoms. The number of phenols is 1. The molecule has 2 aromatic rings. The van der Waals surface area contributed by atoms with Gasteiger partial charge < -0.3 is 14.8 Å². The first-order valence-electron chi connectivity index (χ1n) is 5.22. The van der Waals surface area contributed by atoms with Crippen LogP contribution in [-0.2, 0) is 11.3 Å². The number of rotatable bonds is 4. The molecule has 0 aliphatic carbocycles. The van der Waals surface area contributed by atoms with Gasteiger partial charge in [0.15, 0.2) is 0 Å². The minimum atomic E-state index is -2.63.